The van der Waals surface area contributed by atoms with Crippen LogP contribution in [0.3, 0.4) is 0 Å². The van der Waals surface area contributed by atoms with Crippen LogP contribution in [0.5, 0.6) is 0 Å². The summed E-state index contributed by atoms with van der Waals surface area (Å²) >= 11 is 0. The Morgan fingerprint density at radius 1 is 1.36 bits per heavy atom. The number of amides is 1. The zero-order chi connectivity index (χ0) is 15.9. The van der Waals surface area contributed by atoms with E-state index in [-0.39, 0.29) is 17.8 Å². The van der Waals surface area contributed by atoms with Crippen LogP contribution < -0.4 is 0 Å². The molecule has 0 aliphatic heterocycles. The number of hydrogen-bond acceptors (Lipinski definition) is 3. The first-order valence-electron chi connectivity index (χ1n) is 7.49. The average molecular weight is 304 g/mol. The third kappa shape index (κ3) is 4.13. The molecule has 0 aliphatic carbocycles. The van der Waals surface area contributed by atoms with E-state index in [0.29, 0.717) is 19.5 Å². The summed E-state index contributed by atoms with van der Waals surface area (Å²) in [5.41, 5.74) is 0.938. The Labute approximate surface area is 129 Å². The number of halogens is 1. The number of aryl methyl sites for hydroxylation is 1. The number of benzene rings is 1. The van der Waals surface area contributed by atoms with Gasteiger partial charge < -0.3 is 4.90 Å². The van der Waals surface area contributed by atoms with Crippen LogP contribution in [0.25, 0.3) is 0 Å². The molecule has 2 aromatic rings. The van der Waals surface area contributed by atoms with Gasteiger partial charge in [-0.05, 0) is 38.0 Å². The maximum atomic E-state index is 13.0. The van der Waals surface area contributed by atoms with Crippen molar-refractivity contribution in [3.8, 4) is 0 Å². The standard InChI is InChI=1S/C16H21FN4O/c1-3-21(13(2)14-6-8-15(17)9-7-14)16(22)5-4-10-20-12-18-11-19-20/h6-9,11-13H,3-5,10H2,1-2H3/t13-/m1/s1. The molecule has 0 spiro atoms. The fourth-order valence-electron chi connectivity index (χ4n) is 2.47. The van der Waals surface area contributed by atoms with Crippen molar-refractivity contribution in [1.82, 2.24) is 19.7 Å². The van der Waals surface area contributed by atoms with Crippen LogP contribution in [0.15, 0.2) is 36.9 Å². The molecule has 0 aliphatic rings. The zero-order valence-corrected chi connectivity index (χ0v) is 12.9. The van der Waals surface area contributed by atoms with Gasteiger partial charge in [0.05, 0.1) is 6.04 Å². The maximum absolute atomic E-state index is 13.0. The monoisotopic (exact) mass is 304 g/mol. The summed E-state index contributed by atoms with van der Waals surface area (Å²) in [7, 11) is 0. The summed E-state index contributed by atoms with van der Waals surface area (Å²) < 4.78 is 14.7. The first kappa shape index (κ1) is 16.1. The van der Waals surface area contributed by atoms with Gasteiger partial charge in [0.2, 0.25) is 5.91 Å². The molecule has 1 heterocycles. The third-order valence-corrected chi connectivity index (χ3v) is 3.73. The molecule has 118 valence electrons. The third-order valence-electron chi connectivity index (χ3n) is 3.73. The van der Waals surface area contributed by atoms with Gasteiger partial charge in [-0.3, -0.25) is 9.48 Å². The van der Waals surface area contributed by atoms with E-state index >= 15 is 0 Å². The van der Waals surface area contributed by atoms with Crippen molar-refractivity contribution in [2.75, 3.05) is 6.54 Å². The van der Waals surface area contributed by atoms with Crippen LogP contribution in [-0.4, -0.2) is 32.1 Å². The molecule has 0 radical (unpaired) electrons. The van der Waals surface area contributed by atoms with E-state index in [0.717, 1.165) is 12.0 Å². The van der Waals surface area contributed by atoms with Crippen LogP contribution in [-0.2, 0) is 11.3 Å². The lowest BCUT2D eigenvalue weighted by Crippen LogP contribution is -2.33. The van der Waals surface area contributed by atoms with E-state index in [1.807, 2.05) is 18.7 Å². The number of carbonyl (C=O) groups excluding carboxylic acids is 1. The van der Waals surface area contributed by atoms with Gasteiger partial charge in [-0.25, -0.2) is 9.37 Å². The van der Waals surface area contributed by atoms with Crippen LogP contribution in [0.1, 0.15) is 38.3 Å². The van der Waals surface area contributed by atoms with Gasteiger partial charge in [0.15, 0.2) is 0 Å². The van der Waals surface area contributed by atoms with Crippen molar-refractivity contribution in [3.63, 3.8) is 0 Å². The molecule has 22 heavy (non-hydrogen) atoms. The Hall–Kier alpha value is -2.24. The van der Waals surface area contributed by atoms with E-state index in [1.165, 1.54) is 18.5 Å². The topological polar surface area (TPSA) is 51.0 Å². The fraction of sp³-hybridized carbons (Fsp3) is 0.438. The molecule has 1 aromatic heterocycles. The number of nitrogens with zero attached hydrogens (tertiary/aromatic N) is 4. The Balaban J connectivity index is 1.91. The second kappa shape index (κ2) is 7.68. The predicted molar refractivity (Wildman–Crippen MR) is 81.5 cm³/mol. The van der Waals surface area contributed by atoms with Crippen molar-refractivity contribution in [2.45, 2.75) is 39.3 Å². The Kier molecular flexibility index (Phi) is 5.63. The Bertz CT molecular complexity index is 583. The summed E-state index contributed by atoms with van der Waals surface area (Å²) in [6, 6.07) is 6.24. The number of rotatable bonds is 7. The molecule has 0 bridgehead atoms. The lowest BCUT2D eigenvalue weighted by molar-refractivity contribution is -0.133. The van der Waals surface area contributed by atoms with Crippen molar-refractivity contribution in [3.05, 3.63) is 48.3 Å². The summed E-state index contributed by atoms with van der Waals surface area (Å²) in [6.45, 7) is 5.22. The summed E-state index contributed by atoms with van der Waals surface area (Å²) in [5, 5.41) is 4.01. The van der Waals surface area contributed by atoms with Crippen molar-refractivity contribution in [1.29, 1.82) is 0 Å². The average Bonchev–Trinajstić information content (AvgIpc) is 3.02. The lowest BCUT2D eigenvalue weighted by Gasteiger charge is -2.28. The molecule has 6 heteroatoms. The van der Waals surface area contributed by atoms with E-state index in [2.05, 4.69) is 10.1 Å². The quantitative estimate of drug-likeness (QED) is 0.790. The van der Waals surface area contributed by atoms with E-state index in [1.54, 1.807) is 23.1 Å². The maximum Gasteiger partial charge on any atom is 0.223 e. The van der Waals surface area contributed by atoms with Gasteiger partial charge in [-0.1, -0.05) is 12.1 Å². The smallest absolute Gasteiger partial charge is 0.223 e. The molecule has 0 saturated carbocycles. The second-order valence-electron chi connectivity index (χ2n) is 5.17. The van der Waals surface area contributed by atoms with Gasteiger partial charge in [-0.15, -0.1) is 0 Å². The normalized spacial score (nSPS) is 12.1. The van der Waals surface area contributed by atoms with Crippen molar-refractivity contribution < 1.29 is 9.18 Å². The van der Waals surface area contributed by atoms with E-state index in [4.69, 9.17) is 0 Å². The molecular formula is C16H21FN4O. The molecule has 5 nitrogen and oxygen atoms in total. The lowest BCUT2D eigenvalue weighted by atomic mass is 10.1. The second-order valence-corrected chi connectivity index (χ2v) is 5.17. The van der Waals surface area contributed by atoms with Crippen LogP contribution >= 0.6 is 0 Å². The van der Waals surface area contributed by atoms with E-state index < -0.39 is 0 Å². The first-order valence-corrected chi connectivity index (χ1v) is 7.49. The van der Waals surface area contributed by atoms with Crippen molar-refractivity contribution in [2.24, 2.45) is 0 Å². The Morgan fingerprint density at radius 2 is 2.09 bits per heavy atom. The zero-order valence-electron chi connectivity index (χ0n) is 12.9. The Morgan fingerprint density at radius 3 is 2.68 bits per heavy atom. The highest BCUT2D eigenvalue weighted by Gasteiger charge is 2.19. The molecule has 1 amide bonds. The van der Waals surface area contributed by atoms with Crippen molar-refractivity contribution >= 4 is 5.91 Å². The number of aromatic nitrogens is 3. The van der Waals surface area contributed by atoms with Crippen LogP contribution in [0.4, 0.5) is 4.39 Å². The first-order chi connectivity index (χ1) is 10.6. The van der Waals surface area contributed by atoms with Gasteiger partial charge in [0.1, 0.15) is 18.5 Å². The fourth-order valence-corrected chi connectivity index (χ4v) is 2.47. The molecule has 0 fully saturated rings. The molecule has 1 atom stereocenters. The summed E-state index contributed by atoms with van der Waals surface area (Å²) in [6.07, 6.45) is 4.30. The highest BCUT2D eigenvalue weighted by atomic mass is 19.1. The highest BCUT2D eigenvalue weighted by Crippen LogP contribution is 2.21. The predicted octanol–water partition coefficient (Wildman–Crippen LogP) is 2.81. The van der Waals surface area contributed by atoms with E-state index in [9.17, 15) is 9.18 Å². The summed E-state index contributed by atoms with van der Waals surface area (Å²) in [4.78, 5) is 18.1. The van der Waals surface area contributed by atoms with Crippen LogP contribution in [0, 0.1) is 5.82 Å². The highest BCUT2D eigenvalue weighted by molar-refractivity contribution is 5.76. The van der Waals surface area contributed by atoms with Gasteiger partial charge in [0.25, 0.3) is 0 Å². The van der Waals surface area contributed by atoms with Crippen LogP contribution in [0.2, 0.25) is 0 Å². The molecule has 0 unspecified atom stereocenters. The molecular weight excluding hydrogens is 283 g/mol. The minimum Gasteiger partial charge on any atom is -0.336 e. The minimum absolute atomic E-state index is 0.0653. The molecule has 0 saturated heterocycles. The molecule has 0 N–H and O–H groups in total. The molecule has 1 aromatic carbocycles. The number of carbonyl (C=O) groups is 1. The largest absolute Gasteiger partial charge is 0.336 e. The summed E-state index contributed by atoms with van der Waals surface area (Å²) in [5.74, 6) is -0.169. The number of hydrogen-bond donors (Lipinski definition) is 0. The van der Waals surface area contributed by atoms with Gasteiger partial charge in [0, 0.05) is 19.5 Å². The SMILES string of the molecule is CCN(C(=O)CCCn1cncn1)[C@H](C)c1ccc(F)cc1. The molecule has 2 rings (SSSR count). The van der Waals surface area contributed by atoms with Gasteiger partial charge in [-0.2, -0.15) is 5.10 Å². The van der Waals surface area contributed by atoms with Gasteiger partial charge >= 0.3 is 0 Å². The minimum atomic E-state index is -0.266.